The molecule has 0 fully saturated rings. The van der Waals surface area contributed by atoms with Crippen molar-refractivity contribution in [2.75, 3.05) is 19.0 Å². The van der Waals surface area contributed by atoms with Gasteiger partial charge in [0, 0.05) is 4.90 Å². The first-order chi connectivity index (χ1) is 8.17. The number of hydrogen-bond donors (Lipinski definition) is 0. The van der Waals surface area contributed by atoms with Crippen molar-refractivity contribution in [1.82, 2.24) is 0 Å². The van der Waals surface area contributed by atoms with Crippen molar-refractivity contribution in [3.63, 3.8) is 0 Å². The summed E-state index contributed by atoms with van der Waals surface area (Å²) in [5.74, 6) is -0.869. The molecule has 0 spiro atoms. The highest BCUT2D eigenvalue weighted by atomic mass is 32.2. The van der Waals surface area contributed by atoms with Crippen molar-refractivity contribution in [1.29, 1.82) is 0 Å². The Morgan fingerprint density at radius 1 is 1.35 bits per heavy atom. The molecule has 0 saturated heterocycles. The Morgan fingerprint density at radius 2 is 2.00 bits per heavy atom. The van der Waals surface area contributed by atoms with E-state index in [4.69, 9.17) is 0 Å². The number of carbonyl (C=O) groups excluding carboxylic acids is 1. The maximum atomic E-state index is 11.7. The van der Waals surface area contributed by atoms with E-state index in [-0.39, 0.29) is 12.4 Å². The van der Waals surface area contributed by atoms with Gasteiger partial charge in [0.15, 0.2) is 0 Å². The molecule has 0 aliphatic heterocycles. The van der Waals surface area contributed by atoms with Crippen LogP contribution in [-0.2, 0) is 26.8 Å². The minimum atomic E-state index is -1.42. The minimum Gasteiger partial charge on any atom is -0.462 e. The van der Waals surface area contributed by atoms with E-state index in [1.807, 2.05) is 19.1 Å². The topological polar surface area (TPSA) is 43.4 Å². The van der Waals surface area contributed by atoms with E-state index < -0.39 is 23.4 Å². The third-order valence-electron chi connectivity index (χ3n) is 2.18. The van der Waals surface area contributed by atoms with Crippen molar-refractivity contribution < 1.29 is 18.1 Å². The first kappa shape index (κ1) is 13.8. The van der Waals surface area contributed by atoms with Gasteiger partial charge in [0.25, 0.3) is 0 Å². The number of aryl methyl sites for hydroxylation is 1. The lowest BCUT2D eigenvalue weighted by Gasteiger charge is -2.03. The molecular formula is C12H15FO3S. The Hall–Kier alpha value is -1.23. The molecule has 17 heavy (non-hydrogen) atoms. The number of benzene rings is 1. The number of carbonyl (C=O) groups is 1. The van der Waals surface area contributed by atoms with Gasteiger partial charge in [-0.2, -0.15) is 0 Å². The highest BCUT2D eigenvalue weighted by Crippen LogP contribution is 2.09. The van der Waals surface area contributed by atoms with Crippen LogP contribution in [-0.4, -0.2) is 29.2 Å². The lowest BCUT2D eigenvalue weighted by Crippen LogP contribution is -2.15. The number of rotatable bonds is 6. The Labute approximate surface area is 102 Å². The van der Waals surface area contributed by atoms with Crippen LogP contribution in [0.4, 0.5) is 4.39 Å². The summed E-state index contributed by atoms with van der Waals surface area (Å²) in [4.78, 5) is 11.7. The van der Waals surface area contributed by atoms with Gasteiger partial charge in [0.05, 0.1) is 10.8 Å². The van der Waals surface area contributed by atoms with Crippen LogP contribution in [0.1, 0.15) is 12.5 Å². The Morgan fingerprint density at radius 3 is 2.53 bits per heavy atom. The van der Waals surface area contributed by atoms with Crippen molar-refractivity contribution in [2.24, 2.45) is 0 Å². The molecule has 0 radical (unpaired) electrons. The molecule has 1 unspecified atom stereocenters. The number of ether oxygens (including phenoxy) is 1. The zero-order valence-electron chi connectivity index (χ0n) is 9.65. The molecule has 0 heterocycles. The molecule has 3 nitrogen and oxygen atoms in total. The van der Waals surface area contributed by atoms with Gasteiger partial charge in [0.1, 0.15) is 19.0 Å². The Bertz CT molecular complexity index is 389. The molecule has 0 aliphatic rings. The predicted octanol–water partition coefficient (Wildman–Crippen LogP) is 1.87. The van der Waals surface area contributed by atoms with Crippen molar-refractivity contribution >= 4 is 16.8 Å². The van der Waals surface area contributed by atoms with Gasteiger partial charge in [0.2, 0.25) is 0 Å². The second-order valence-electron chi connectivity index (χ2n) is 3.40. The molecule has 1 rings (SSSR count). The van der Waals surface area contributed by atoms with Crippen LogP contribution < -0.4 is 0 Å². The van der Waals surface area contributed by atoms with Crippen molar-refractivity contribution in [2.45, 2.75) is 18.2 Å². The van der Waals surface area contributed by atoms with Gasteiger partial charge < -0.3 is 4.74 Å². The van der Waals surface area contributed by atoms with E-state index in [1.165, 1.54) is 0 Å². The van der Waals surface area contributed by atoms with Crippen LogP contribution in [0.2, 0.25) is 0 Å². The summed E-state index contributed by atoms with van der Waals surface area (Å²) in [5.41, 5.74) is 1.14. The average molecular weight is 258 g/mol. The van der Waals surface area contributed by atoms with E-state index in [0.717, 1.165) is 12.0 Å². The number of alkyl halides is 1. The number of esters is 1. The molecule has 1 aromatic carbocycles. The molecule has 0 aromatic heterocycles. The van der Waals surface area contributed by atoms with Gasteiger partial charge in [-0.25, -0.2) is 4.39 Å². The lowest BCUT2D eigenvalue weighted by molar-refractivity contribution is -0.140. The summed E-state index contributed by atoms with van der Waals surface area (Å²) in [6.07, 6.45) is 0.908. The maximum Gasteiger partial charge on any atom is 0.319 e. The zero-order chi connectivity index (χ0) is 12.7. The maximum absolute atomic E-state index is 11.7. The third-order valence-corrected chi connectivity index (χ3v) is 3.48. The fourth-order valence-electron chi connectivity index (χ4n) is 1.26. The average Bonchev–Trinajstić information content (AvgIpc) is 2.36. The van der Waals surface area contributed by atoms with Crippen LogP contribution in [0.5, 0.6) is 0 Å². The standard InChI is InChI=1S/C12H15FO3S/c1-2-10-3-5-11(6-4-10)17(15)9-12(14)16-8-7-13/h3-6H,2,7-9H2,1H3. The summed E-state index contributed by atoms with van der Waals surface area (Å²) < 4.78 is 28.0. The summed E-state index contributed by atoms with van der Waals surface area (Å²) >= 11 is 0. The van der Waals surface area contributed by atoms with Crippen LogP contribution >= 0.6 is 0 Å². The zero-order valence-corrected chi connectivity index (χ0v) is 10.5. The normalized spacial score (nSPS) is 12.1. The molecule has 0 aliphatic carbocycles. The monoisotopic (exact) mass is 258 g/mol. The third kappa shape index (κ3) is 4.65. The van der Waals surface area contributed by atoms with Crippen molar-refractivity contribution in [3.05, 3.63) is 29.8 Å². The predicted molar refractivity (Wildman–Crippen MR) is 64.0 cm³/mol. The summed E-state index contributed by atoms with van der Waals surface area (Å²) in [6, 6.07) is 7.22. The van der Waals surface area contributed by atoms with Gasteiger partial charge in [-0.3, -0.25) is 9.00 Å². The SMILES string of the molecule is CCc1ccc(S(=O)CC(=O)OCCF)cc1. The Balaban J connectivity index is 2.54. The van der Waals surface area contributed by atoms with Crippen molar-refractivity contribution in [3.8, 4) is 0 Å². The molecule has 1 atom stereocenters. The summed E-state index contributed by atoms with van der Waals surface area (Å²) in [6.45, 7) is 1.04. The second-order valence-corrected chi connectivity index (χ2v) is 4.85. The molecule has 5 heteroatoms. The second kappa shape index (κ2) is 7.17. The molecule has 1 aromatic rings. The van der Waals surface area contributed by atoms with E-state index in [9.17, 15) is 13.4 Å². The molecule has 0 saturated carbocycles. The van der Waals surface area contributed by atoms with Gasteiger partial charge in [-0.05, 0) is 24.1 Å². The van der Waals surface area contributed by atoms with Gasteiger partial charge in [-0.15, -0.1) is 0 Å². The molecule has 94 valence electrons. The van der Waals surface area contributed by atoms with E-state index in [2.05, 4.69) is 4.74 Å². The van der Waals surface area contributed by atoms with Crippen LogP contribution in [0.3, 0.4) is 0 Å². The van der Waals surface area contributed by atoms with Crippen LogP contribution in [0, 0.1) is 0 Å². The first-order valence-corrected chi connectivity index (χ1v) is 6.68. The number of halogens is 1. The van der Waals surface area contributed by atoms with Gasteiger partial charge >= 0.3 is 5.97 Å². The van der Waals surface area contributed by atoms with Gasteiger partial charge in [-0.1, -0.05) is 19.1 Å². The lowest BCUT2D eigenvalue weighted by atomic mass is 10.2. The molecule has 0 bridgehead atoms. The minimum absolute atomic E-state index is 0.231. The van der Waals surface area contributed by atoms with E-state index in [1.54, 1.807) is 12.1 Å². The largest absolute Gasteiger partial charge is 0.462 e. The quantitative estimate of drug-likeness (QED) is 0.732. The highest BCUT2D eigenvalue weighted by Gasteiger charge is 2.11. The highest BCUT2D eigenvalue weighted by molar-refractivity contribution is 7.85. The fraction of sp³-hybridized carbons (Fsp3) is 0.417. The molecular weight excluding hydrogens is 243 g/mol. The van der Waals surface area contributed by atoms with Crippen LogP contribution in [0.25, 0.3) is 0 Å². The smallest absolute Gasteiger partial charge is 0.319 e. The van der Waals surface area contributed by atoms with E-state index >= 15 is 0 Å². The summed E-state index contributed by atoms with van der Waals surface area (Å²) in [7, 11) is -1.42. The molecule has 0 amide bonds. The fourth-order valence-corrected chi connectivity index (χ4v) is 2.17. The van der Waals surface area contributed by atoms with Crippen LogP contribution in [0.15, 0.2) is 29.2 Å². The molecule has 0 N–H and O–H groups in total. The Kier molecular flexibility index (Phi) is 5.83. The first-order valence-electron chi connectivity index (χ1n) is 5.36. The number of hydrogen-bond acceptors (Lipinski definition) is 3. The summed E-state index contributed by atoms with van der Waals surface area (Å²) in [5, 5.41) is 0. The van der Waals surface area contributed by atoms with E-state index in [0.29, 0.717) is 4.90 Å².